The highest BCUT2D eigenvalue weighted by molar-refractivity contribution is 7.98. The fourth-order valence-electron chi connectivity index (χ4n) is 6.68. The highest BCUT2D eigenvalue weighted by Crippen LogP contribution is 2.55. The Kier molecular flexibility index (Phi) is 6.97. The predicted molar refractivity (Wildman–Crippen MR) is 146 cm³/mol. The second kappa shape index (κ2) is 10.4. The number of anilines is 1. The van der Waals surface area contributed by atoms with Gasteiger partial charge in [-0.05, 0) is 55.0 Å². The van der Waals surface area contributed by atoms with Crippen LogP contribution in [0.3, 0.4) is 0 Å². The van der Waals surface area contributed by atoms with Gasteiger partial charge in [-0.15, -0.1) is 11.8 Å². The summed E-state index contributed by atoms with van der Waals surface area (Å²) in [4.78, 5) is 44.2. The Bertz CT molecular complexity index is 1310. The van der Waals surface area contributed by atoms with Crippen molar-refractivity contribution >= 4 is 35.2 Å². The van der Waals surface area contributed by atoms with Crippen LogP contribution >= 0.6 is 11.8 Å². The smallest absolute Gasteiger partial charge is 0.246 e. The number of likely N-dealkylation sites (tertiary alicyclic amines) is 1. The Hall–Kier alpha value is -3.17. The fourth-order valence-corrected chi connectivity index (χ4v) is 7.14. The van der Waals surface area contributed by atoms with Crippen LogP contribution in [0.2, 0.25) is 0 Å². The zero-order valence-corrected chi connectivity index (χ0v) is 22.6. The summed E-state index contributed by atoms with van der Waals surface area (Å²) in [6, 6.07) is 12.6. The summed E-state index contributed by atoms with van der Waals surface area (Å²) in [7, 11) is 0. The second-order valence-corrected chi connectivity index (χ2v) is 11.7. The van der Waals surface area contributed by atoms with Crippen LogP contribution < -0.4 is 10.6 Å². The Morgan fingerprint density at radius 3 is 2.62 bits per heavy atom. The van der Waals surface area contributed by atoms with Gasteiger partial charge in [0.15, 0.2) is 0 Å². The van der Waals surface area contributed by atoms with Crippen LogP contribution in [0.4, 0.5) is 10.1 Å². The number of benzene rings is 2. The first kappa shape index (κ1) is 26.1. The summed E-state index contributed by atoms with van der Waals surface area (Å²) < 4.78 is 20.0. The van der Waals surface area contributed by atoms with E-state index in [4.69, 9.17) is 4.74 Å². The first-order chi connectivity index (χ1) is 18.9. The van der Waals surface area contributed by atoms with Crippen molar-refractivity contribution < 1.29 is 23.5 Å². The van der Waals surface area contributed by atoms with Crippen molar-refractivity contribution in [1.29, 1.82) is 0 Å². The number of carbonyl (C=O) groups is 3. The molecule has 1 saturated carbocycles. The van der Waals surface area contributed by atoms with Gasteiger partial charge in [0.2, 0.25) is 17.7 Å². The topological polar surface area (TPSA) is 87.7 Å². The summed E-state index contributed by atoms with van der Waals surface area (Å²) >= 11 is 1.57. The predicted octanol–water partition coefficient (Wildman–Crippen LogP) is 4.29. The molecule has 39 heavy (non-hydrogen) atoms. The molecular weight excluding hydrogens is 517 g/mol. The minimum atomic E-state index is -1.23. The van der Waals surface area contributed by atoms with Gasteiger partial charge in [0, 0.05) is 23.2 Å². The van der Waals surface area contributed by atoms with E-state index >= 15 is 0 Å². The van der Waals surface area contributed by atoms with E-state index in [1.807, 2.05) is 42.7 Å². The quantitative estimate of drug-likeness (QED) is 0.398. The van der Waals surface area contributed by atoms with Gasteiger partial charge in [0.1, 0.15) is 17.5 Å². The molecule has 1 spiro atoms. The van der Waals surface area contributed by atoms with Gasteiger partial charge in [-0.1, -0.05) is 49.6 Å². The molecule has 3 aliphatic heterocycles. The minimum absolute atomic E-state index is 0.0508. The molecule has 3 unspecified atom stereocenters. The summed E-state index contributed by atoms with van der Waals surface area (Å²) in [5.41, 5.74) is 0.113. The van der Waals surface area contributed by atoms with Gasteiger partial charge in [-0.3, -0.25) is 14.4 Å². The molecule has 2 aromatic rings. The molecule has 3 fully saturated rings. The normalized spacial score (nSPS) is 29.5. The second-order valence-electron chi connectivity index (χ2n) is 10.9. The lowest BCUT2D eigenvalue weighted by Gasteiger charge is -2.34. The monoisotopic (exact) mass is 549 g/mol. The first-order valence-corrected chi connectivity index (χ1v) is 14.8. The lowest BCUT2D eigenvalue weighted by Crippen LogP contribution is -2.56. The summed E-state index contributed by atoms with van der Waals surface area (Å²) in [5, 5.41) is 6.16. The van der Waals surface area contributed by atoms with Crippen LogP contribution in [0, 0.1) is 17.7 Å². The third-order valence-electron chi connectivity index (χ3n) is 8.48. The van der Waals surface area contributed by atoms with Crippen LogP contribution in [-0.4, -0.2) is 52.7 Å². The molecule has 2 N–H and O–H groups in total. The highest BCUT2D eigenvalue weighted by Gasteiger charge is 2.72. The average molecular weight is 550 g/mol. The molecule has 3 amide bonds. The number of carbonyl (C=O) groups excluding carboxylic acids is 3. The zero-order chi connectivity index (χ0) is 27.1. The van der Waals surface area contributed by atoms with E-state index in [0.29, 0.717) is 11.3 Å². The average Bonchev–Trinajstić information content (AvgIpc) is 3.58. The Balaban J connectivity index is 1.32. The molecule has 2 bridgehead atoms. The molecule has 0 radical (unpaired) electrons. The standard InChI is InChI=1S/C30H32FN3O4S/c1-39-22-9-5-8-21(16-22)33-27(35)24-23-14-15-30(38-23)25(24)29(37)34(17-18-10-12-19(31)13-11-18)26(30)28(36)32-20-6-3-2-4-7-20/h5,8-16,20,23-26H,2-4,6-7,17H2,1H3,(H,32,36)(H,33,35)/t23-,24?,25-,26?,30?/m0/s1. The molecule has 0 aromatic heterocycles. The van der Waals surface area contributed by atoms with Crippen molar-refractivity contribution in [2.75, 3.05) is 11.6 Å². The molecule has 2 saturated heterocycles. The number of rotatable bonds is 7. The third-order valence-corrected chi connectivity index (χ3v) is 9.21. The maximum Gasteiger partial charge on any atom is 0.246 e. The maximum absolute atomic E-state index is 14.1. The molecule has 5 atom stereocenters. The van der Waals surface area contributed by atoms with E-state index in [9.17, 15) is 18.8 Å². The lowest BCUT2D eigenvalue weighted by molar-refractivity contribution is -0.142. The first-order valence-electron chi connectivity index (χ1n) is 13.6. The van der Waals surface area contributed by atoms with Crippen LogP contribution in [-0.2, 0) is 25.7 Å². The van der Waals surface area contributed by atoms with Crippen LogP contribution in [0.5, 0.6) is 0 Å². The van der Waals surface area contributed by atoms with Crippen molar-refractivity contribution in [3.8, 4) is 0 Å². The van der Waals surface area contributed by atoms with Crippen molar-refractivity contribution in [3.05, 3.63) is 72.1 Å². The van der Waals surface area contributed by atoms with Crippen molar-refractivity contribution in [2.45, 2.75) is 67.3 Å². The number of nitrogens with one attached hydrogen (secondary N) is 2. The SMILES string of the molecule is CSc1cccc(NC(=O)C2[C@@H]3C=CC4(O3)C(C(=O)NC3CCCCC3)N(Cc3ccc(F)cc3)C(=O)[C@H]24)c1. The Morgan fingerprint density at radius 1 is 1.10 bits per heavy atom. The van der Waals surface area contributed by atoms with E-state index in [0.717, 1.165) is 37.0 Å². The van der Waals surface area contributed by atoms with Gasteiger partial charge in [-0.2, -0.15) is 0 Å². The number of nitrogens with zero attached hydrogens (tertiary/aromatic N) is 1. The van der Waals surface area contributed by atoms with Gasteiger partial charge in [0.05, 0.1) is 17.9 Å². The molecule has 7 nitrogen and oxygen atoms in total. The maximum atomic E-state index is 14.1. The number of hydrogen-bond acceptors (Lipinski definition) is 5. The van der Waals surface area contributed by atoms with Crippen LogP contribution in [0.15, 0.2) is 65.6 Å². The molecule has 3 heterocycles. The number of fused-ring (bicyclic) bond motifs is 1. The molecule has 2 aromatic carbocycles. The van der Waals surface area contributed by atoms with Crippen LogP contribution in [0.1, 0.15) is 37.7 Å². The van der Waals surface area contributed by atoms with Crippen LogP contribution in [0.25, 0.3) is 0 Å². The summed E-state index contributed by atoms with van der Waals surface area (Å²) in [6.45, 7) is 0.117. The van der Waals surface area contributed by atoms with Gasteiger partial charge in [-0.25, -0.2) is 4.39 Å². The van der Waals surface area contributed by atoms with E-state index in [-0.39, 0.29) is 36.1 Å². The summed E-state index contributed by atoms with van der Waals surface area (Å²) in [6.07, 6.45) is 10.1. The number of amides is 3. The van der Waals surface area contributed by atoms with Gasteiger partial charge in [0.25, 0.3) is 0 Å². The molecule has 1 aliphatic carbocycles. The third kappa shape index (κ3) is 4.65. The minimum Gasteiger partial charge on any atom is -0.359 e. The Morgan fingerprint density at radius 2 is 1.87 bits per heavy atom. The highest BCUT2D eigenvalue weighted by atomic mass is 32.2. The van der Waals surface area contributed by atoms with Crippen molar-refractivity contribution in [2.24, 2.45) is 11.8 Å². The Labute approximate surface area is 231 Å². The van der Waals surface area contributed by atoms with E-state index < -0.39 is 29.6 Å². The number of hydrogen-bond donors (Lipinski definition) is 2. The summed E-state index contributed by atoms with van der Waals surface area (Å²) in [5.74, 6) is -2.85. The molecule has 204 valence electrons. The molecule has 4 aliphatic rings. The number of halogens is 1. The van der Waals surface area contributed by atoms with Crippen molar-refractivity contribution in [3.63, 3.8) is 0 Å². The van der Waals surface area contributed by atoms with Gasteiger partial charge >= 0.3 is 0 Å². The molecule has 9 heteroatoms. The van der Waals surface area contributed by atoms with E-state index in [1.165, 1.54) is 17.0 Å². The van der Waals surface area contributed by atoms with E-state index in [2.05, 4.69) is 10.6 Å². The van der Waals surface area contributed by atoms with E-state index in [1.54, 1.807) is 23.9 Å². The number of thioether (sulfide) groups is 1. The van der Waals surface area contributed by atoms with Gasteiger partial charge < -0.3 is 20.3 Å². The largest absolute Gasteiger partial charge is 0.359 e. The fraction of sp³-hybridized carbons (Fsp3) is 0.433. The van der Waals surface area contributed by atoms with Crippen molar-refractivity contribution in [1.82, 2.24) is 10.2 Å². The molecular formula is C30H32FN3O4S. The lowest BCUT2D eigenvalue weighted by atomic mass is 9.74. The zero-order valence-electron chi connectivity index (χ0n) is 21.8. The molecule has 6 rings (SSSR count). The number of ether oxygens (including phenoxy) is 1.